The van der Waals surface area contributed by atoms with Crippen LogP contribution in [0.15, 0.2) is 6.07 Å². The molecule has 88 valence electrons. The first-order valence-electron chi connectivity index (χ1n) is 6.01. The van der Waals surface area contributed by atoms with Crippen LogP contribution in [0.4, 0.5) is 4.79 Å². The summed E-state index contributed by atoms with van der Waals surface area (Å²) in [6, 6.07) is 2.17. The lowest BCUT2D eigenvalue weighted by atomic mass is 9.96. The summed E-state index contributed by atoms with van der Waals surface area (Å²) in [4.78, 5) is 11.9. The summed E-state index contributed by atoms with van der Waals surface area (Å²) in [5.74, 6) is 0. The maximum Gasteiger partial charge on any atom is 0.342 e. The van der Waals surface area contributed by atoms with Crippen molar-refractivity contribution in [1.82, 2.24) is 15.1 Å². The molecule has 0 aromatic carbocycles. The lowest BCUT2D eigenvalue weighted by molar-refractivity contribution is 0.230. The van der Waals surface area contributed by atoms with Crippen molar-refractivity contribution in [2.24, 2.45) is 0 Å². The van der Waals surface area contributed by atoms with Gasteiger partial charge in [-0.2, -0.15) is 9.78 Å². The minimum atomic E-state index is -0.0856. The standard InChI is InChI=1S/C12H19N3O/c1-9-8-10(2)15(14-9)12(16)13-11-6-4-3-5-7-11/h8,11H,3-7H2,1-2H3,(H,13,16). The number of rotatable bonds is 1. The van der Waals surface area contributed by atoms with E-state index in [1.54, 1.807) is 0 Å². The number of hydrogen-bond acceptors (Lipinski definition) is 2. The molecular formula is C12H19N3O. The number of carbonyl (C=O) groups excluding carboxylic acids is 1. The molecule has 0 saturated heterocycles. The summed E-state index contributed by atoms with van der Waals surface area (Å²) in [6.45, 7) is 3.80. The summed E-state index contributed by atoms with van der Waals surface area (Å²) >= 11 is 0. The quantitative estimate of drug-likeness (QED) is 0.791. The van der Waals surface area contributed by atoms with Gasteiger partial charge >= 0.3 is 6.03 Å². The van der Waals surface area contributed by atoms with Gasteiger partial charge in [-0.1, -0.05) is 19.3 Å². The molecule has 1 heterocycles. The van der Waals surface area contributed by atoms with Gasteiger partial charge in [-0.3, -0.25) is 0 Å². The second-order valence-corrected chi connectivity index (χ2v) is 4.62. The molecule has 1 saturated carbocycles. The van der Waals surface area contributed by atoms with Gasteiger partial charge in [0, 0.05) is 11.7 Å². The third-order valence-electron chi connectivity index (χ3n) is 3.13. The molecule has 2 rings (SSSR count). The minimum Gasteiger partial charge on any atom is -0.333 e. The number of nitrogens with zero attached hydrogens (tertiary/aromatic N) is 2. The Morgan fingerprint density at radius 1 is 1.38 bits per heavy atom. The summed E-state index contributed by atoms with van der Waals surface area (Å²) < 4.78 is 1.46. The molecule has 0 atom stereocenters. The first-order chi connectivity index (χ1) is 7.66. The van der Waals surface area contributed by atoms with E-state index in [1.165, 1.54) is 23.9 Å². The van der Waals surface area contributed by atoms with E-state index >= 15 is 0 Å². The highest BCUT2D eigenvalue weighted by atomic mass is 16.2. The summed E-state index contributed by atoms with van der Waals surface area (Å²) in [7, 11) is 0. The molecule has 16 heavy (non-hydrogen) atoms. The van der Waals surface area contributed by atoms with Gasteiger partial charge in [0.1, 0.15) is 0 Å². The van der Waals surface area contributed by atoms with E-state index in [2.05, 4.69) is 10.4 Å². The van der Waals surface area contributed by atoms with Gasteiger partial charge < -0.3 is 5.32 Å². The average molecular weight is 221 g/mol. The Morgan fingerprint density at radius 3 is 2.62 bits per heavy atom. The Balaban J connectivity index is 1.99. The zero-order chi connectivity index (χ0) is 11.5. The molecule has 0 spiro atoms. The number of hydrogen-bond donors (Lipinski definition) is 1. The maximum atomic E-state index is 11.9. The Kier molecular flexibility index (Phi) is 3.27. The lowest BCUT2D eigenvalue weighted by Gasteiger charge is -2.22. The van der Waals surface area contributed by atoms with Crippen LogP contribution in [0.3, 0.4) is 0 Å². The van der Waals surface area contributed by atoms with Gasteiger partial charge in [-0.25, -0.2) is 4.79 Å². The van der Waals surface area contributed by atoms with Crippen LogP contribution in [-0.2, 0) is 0 Å². The number of amides is 1. The Morgan fingerprint density at radius 2 is 2.06 bits per heavy atom. The fourth-order valence-corrected chi connectivity index (χ4v) is 2.32. The molecule has 0 aliphatic heterocycles. The van der Waals surface area contributed by atoms with Crippen LogP contribution in [-0.4, -0.2) is 21.9 Å². The molecule has 1 fully saturated rings. The molecule has 1 N–H and O–H groups in total. The van der Waals surface area contributed by atoms with E-state index in [4.69, 9.17) is 0 Å². The van der Waals surface area contributed by atoms with E-state index in [0.717, 1.165) is 24.2 Å². The average Bonchev–Trinajstić information content (AvgIpc) is 2.59. The third kappa shape index (κ3) is 2.43. The van der Waals surface area contributed by atoms with Crippen LogP contribution in [0.1, 0.15) is 43.5 Å². The van der Waals surface area contributed by atoms with Crippen molar-refractivity contribution in [2.75, 3.05) is 0 Å². The van der Waals surface area contributed by atoms with Crippen LogP contribution in [0.5, 0.6) is 0 Å². The molecule has 1 aromatic rings. The molecule has 4 heteroatoms. The van der Waals surface area contributed by atoms with E-state index in [-0.39, 0.29) is 6.03 Å². The number of nitrogens with one attached hydrogen (secondary N) is 1. The third-order valence-corrected chi connectivity index (χ3v) is 3.13. The zero-order valence-corrected chi connectivity index (χ0v) is 9.99. The van der Waals surface area contributed by atoms with Crippen molar-refractivity contribution in [2.45, 2.75) is 52.0 Å². The second-order valence-electron chi connectivity index (χ2n) is 4.62. The molecule has 1 aromatic heterocycles. The monoisotopic (exact) mass is 221 g/mol. The normalized spacial score (nSPS) is 17.4. The van der Waals surface area contributed by atoms with Crippen molar-refractivity contribution in [3.05, 3.63) is 17.5 Å². The number of aryl methyl sites for hydroxylation is 2. The van der Waals surface area contributed by atoms with Crippen molar-refractivity contribution < 1.29 is 4.79 Å². The molecule has 1 amide bonds. The van der Waals surface area contributed by atoms with Crippen LogP contribution in [0, 0.1) is 13.8 Å². The van der Waals surface area contributed by atoms with Crippen LogP contribution in [0.2, 0.25) is 0 Å². The first kappa shape index (κ1) is 11.2. The summed E-state index contributed by atoms with van der Waals surface area (Å²) in [6.07, 6.45) is 5.95. The van der Waals surface area contributed by atoms with E-state index < -0.39 is 0 Å². The number of aromatic nitrogens is 2. The largest absolute Gasteiger partial charge is 0.342 e. The van der Waals surface area contributed by atoms with Gasteiger partial charge in [0.25, 0.3) is 0 Å². The predicted molar refractivity (Wildman–Crippen MR) is 62.5 cm³/mol. The van der Waals surface area contributed by atoms with Crippen LogP contribution in [0.25, 0.3) is 0 Å². The van der Waals surface area contributed by atoms with E-state index in [9.17, 15) is 4.79 Å². The maximum absolute atomic E-state index is 11.9. The SMILES string of the molecule is Cc1cc(C)n(C(=O)NC2CCCCC2)n1. The van der Waals surface area contributed by atoms with Crippen LogP contribution >= 0.6 is 0 Å². The smallest absolute Gasteiger partial charge is 0.333 e. The Labute approximate surface area is 96.0 Å². The molecule has 0 bridgehead atoms. The molecular weight excluding hydrogens is 202 g/mol. The van der Waals surface area contributed by atoms with Gasteiger partial charge in [0.05, 0.1) is 5.69 Å². The lowest BCUT2D eigenvalue weighted by Crippen LogP contribution is -2.39. The molecule has 0 unspecified atom stereocenters. The highest BCUT2D eigenvalue weighted by molar-refractivity contribution is 5.76. The summed E-state index contributed by atoms with van der Waals surface area (Å²) in [5, 5.41) is 7.23. The topological polar surface area (TPSA) is 46.9 Å². The first-order valence-corrected chi connectivity index (χ1v) is 6.01. The van der Waals surface area contributed by atoms with Crippen molar-refractivity contribution in [1.29, 1.82) is 0 Å². The number of carbonyl (C=O) groups is 1. The zero-order valence-electron chi connectivity index (χ0n) is 9.99. The van der Waals surface area contributed by atoms with Gasteiger partial charge in [0.2, 0.25) is 0 Å². The van der Waals surface area contributed by atoms with Gasteiger partial charge in [0.15, 0.2) is 0 Å². The fraction of sp³-hybridized carbons (Fsp3) is 0.667. The Hall–Kier alpha value is -1.32. The minimum absolute atomic E-state index is 0.0856. The Bertz CT molecular complexity index is 378. The van der Waals surface area contributed by atoms with Gasteiger partial charge in [-0.05, 0) is 32.8 Å². The van der Waals surface area contributed by atoms with Crippen LogP contribution < -0.4 is 5.32 Å². The fourth-order valence-electron chi connectivity index (χ4n) is 2.32. The molecule has 4 nitrogen and oxygen atoms in total. The molecule has 1 aliphatic carbocycles. The van der Waals surface area contributed by atoms with Crippen molar-refractivity contribution in [3.8, 4) is 0 Å². The highest BCUT2D eigenvalue weighted by Crippen LogP contribution is 2.17. The van der Waals surface area contributed by atoms with Crippen molar-refractivity contribution in [3.63, 3.8) is 0 Å². The van der Waals surface area contributed by atoms with E-state index in [1.807, 2.05) is 19.9 Å². The van der Waals surface area contributed by atoms with Crippen molar-refractivity contribution >= 4 is 6.03 Å². The van der Waals surface area contributed by atoms with Gasteiger partial charge in [-0.15, -0.1) is 0 Å². The highest BCUT2D eigenvalue weighted by Gasteiger charge is 2.17. The molecule has 0 radical (unpaired) electrons. The summed E-state index contributed by atoms with van der Waals surface area (Å²) in [5.41, 5.74) is 1.78. The van der Waals surface area contributed by atoms with E-state index in [0.29, 0.717) is 6.04 Å². The molecule has 1 aliphatic rings. The second kappa shape index (κ2) is 4.68. The predicted octanol–water partition coefficient (Wildman–Crippen LogP) is 2.39.